The van der Waals surface area contributed by atoms with Gasteiger partial charge in [-0.15, -0.1) is 11.3 Å². The zero-order valence-electron chi connectivity index (χ0n) is 12.0. The van der Waals surface area contributed by atoms with Gasteiger partial charge in [0.2, 0.25) is 0 Å². The first-order chi connectivity index (χ1) is 10.2. The van der Waals surface area contributed by atoms with Gasteiger partial charge in [0.25, 0.3) is 0 Å². The minimum absolute atomic E-state index is 0.0111. The van der Waals surface area contributed by atoms with Crippen LogP contribution in [0.3, 0.4) is 0 Å². The van der Waals surface area contributed by atoms with Crippen LogP contribution < -0.4 is 10.6 Å². The topological polar surface area (TPSA) is 41.1 Å². The van der Waals surface area contributed by atoms with Gasteiger partial charge in [0.15, 0.2) is 0 Å². The second-order valence-corrected chi connectivity index (χ2v) is 9.54. The molecule has 0 spiro atoms. The van der Waals surface area contributed by atoms with Crippen molar-refractivity contribution in [2.45, 2.75) is 44.7 Å². The molecule has 4 aliphatic rings. The van der Waals surface area contributed by atoms with E-state index in [2.05, 4.69) is 32.6 Å². The van der Waals surface area contributed by atoms with Crippen LogP contribution in [0.15, 0.2) is 15.9 Å². The maximum Gasteiger partial charge on any atom is 0.315 e. The number of nitrogens with one attached hydrogen (secondary N) is 2. The standard InChI is InChI=1S/C16H21BrN2OS/c17-14-2-1-13(21-14)8-18-16(20)19-15-11-4-9-3-10(6-11)7-12(15)5-9/h1-2,9-12,15H,3-8H2,(H2,18,19,20). The minimum atomic E-state index is 0.0111. The van der Waals surface area contributed by atoms with Gasteiger partial charge in [-0.1, -0.05) is 0 Å². The van der Waals surface area contributed by atoms with E-state index < -0.39 is 0 Å². The molecule has 0 aliphatic heterocycles. The van der Waals surface area contributed by atoms with Crippen molar-refractivity contribution in [3.63, 3.8) is 0 Å². The molecule has 0 atom stereocenters. The Morgan fingerprint density at radius 2 is 1.81 bits per heavy atom. The van der Waals surface area contributed by atoms with Gasteiger partial charge in [-0.05, 0) is 83.8 Å². The van der Waals surface area contributed by atoms with E-state index in [1.165, 1.54) is 37.0 Å². The van der Waals surface area contributed by atoms with Crippen LogP contribution >= 0.6 is 27.3 Å². The predicted octanol–water partition coefficient (Wildman–Crippen LogP) is 4.13. The number of amides is 2. The molecular formula is C16H21BrN2OS. The number of rotatable bonds is 3. The number of carbonyl (C=O) groups excluding carboxylic acids is 1. The highest BCUT2D eigenvalue weighted by Gasteiger charge is 2.48. The van der Waals surface area contributed by atoms with Crippen molar-refractivity contribution < 1.29 is 4.79 Å². The lowest BCUT2D eigenvalue weighted by atomic mass is 9.54. The van der Waals surface area contributed by atoms with E-state index in [1.54, 1.807) is 11.3 Å². The summed E-state index contributed by atoms with van der Waals surface area (Å²) >= 11 is 5.12. The van der Waals surface area contributed by atoms with Crippen molar-refractivity contribution >= 4 is 33.3 Å². The Bertz CT molecular complexity index is 516. The van der Waals surface area contributed by atoms with Crippen LogP contribution in [0.1, 0.15) is 37.0 Å². The van der Waals surface area contributed by atoms with Crippen molar-refractivity contribution in [2.24, 2.45) is 23.7 Å². The van der Waals surface area contributed by atoms with Gasteiger partial charge in [0.05, 0.1) is 10.3 Å². The van der Waals surface area contributed by atoms with Crippen LogP contribution in [0.5, 0.6) is 0 Å². The molecule has 21 heavy (non-hydrogen) atoms. The molecule has 1 heterocycles. The summed E-state index contributed by atoms with van der Waals surface area (Å²) in [7, 11) is 0. The first-order valence-electron chi connectivity index (χ1n) is 7.96. The van der Waals surface area contributed by atoms with E-state index in [4.69, 9.17) is 0 Å². The van der Waals surface area contributed by atoms with Crippen LogP contribution in [0.4, 0.5) is 4.79 Å². The van der Waals surface area contributed by atoms with E-state index in [9.17, 15) is 4.79 Å². The third kappa shape index (κ3) is 2.87. The lowest BCUT2D eigenvalue weighted by Gasteiger charge is -2.54. The van der Waals surface area contributed by atoms with E-state index in [0.29, 0.717) is 12.6 Å². The van der Waals surface area contributed by atoms with Gasteiger partial charge in [-0.25, -0.2) is 4.79 Å². The molecule has 2 N–H and O–H groups in total. The number of urea groups is 1. The SMILES string of the molecule is O=C(NCc1ccc(Br)s1)NC1C2CC3CC(C2)CC1C3. The van der Waals surface area contributed by atoms with E-state index >= 15 is 0 Å². The summed E-state index contributed by atoms with van der Waals surface area (Å²) in [4.78, 5) is 13.4. The molecule has 0 unspecified atom stereocenters. The molecule has 5 heteroatoms. The smallest absolute Gasteiger partial charge is 0.315 e. The lowest BCUT2D eigenvalue weighted by Crippen LogP contribution is -2.57. The number of thiophene rings is 1. The summed E-state index contributed by atoms with van der Waals surface area (Å²) in [6.07, 6.45) is 6.83. The average Bonchev–Trinajstić information content (AvgIpc) is 2.85. The fourth-order valence-corrected chi connectivity index (χ4v) is 6.40. The lowest BCUT2D eigenvalue weighted by molar-refractivity contribution is -0.00942. The normalized spacial score (nSPS) is 36.7. The Morgan fingerprint density at radius 3 is 2.38 bits per heavy atom. The number of hydrogen-bond acceptors (Lipinski definition) is 2. The van der Waals surface area contributed by atoms with Crippen LogP contribution in [0.2, 0.25) is 0 Å². The van der Waals surface area contributed by atoms with Gasteiger partial charge in [0.1, 0.15) is 0 Å². The maximum atomic E-state index is 12.2. The summed E-state index contributed by atoms with van der Waals surface area (Å²) in [5.74, 6) is 3.39. The van der Waals surface area contributed by atoms with E-state index in [0.717, 1.165) is 27.5 Å². The predicted molar refractivity (Wildman–Crippen MR) is 88.2 cm³/mol. The minimum Gasteiger partial charge on any atom is -0.335 e. The number of halogens is 1. The average molecular weight is 369 g/mol. The van der Waals surface area contributed by atoms with Crippen molar-refractivity contribution in [1.82, 2.24) is 10.6 Å². The van der Waals surface area contributed by atoms with Crippen molar-refractivity contribution in [3.8, 4) is 0 Å². The fourth-order valence-electron chi connectivity index (χ4n) is 4.98. The first-order valence-corrected chi connectivity index (χ1v) is 9.57. The number of hydrogen-bond donors (Lipinski definition) is 2. The summed E-state index contributed by atoms with van der Waals surface area (Å²) in [5, 5.41) is 6.29. The van der Waals surface area contributed by atoms with Crippen molar-refractivity contribution in [2.75, 3.05) is 0 Å². The Hall–Kier alpha value is -0.550. The van der Waals surface area contributed by atoms with E-state index in [-0.39, 0.29) is 6.03 Å². The molecule has 4 fully saturated rings. The molecule has 1 aromatic rings. The molecule has 3 nitrogen and oxygen atoms in total. The van der Waals surface area contributed by atoms with Gasteiger partial charge in [-0.3, -0.25) is 0 Å². The zero-order valence-corrected chi connectivity index (χ0v) is 14.4. The van der Waals surface area contributed by atoms with Gasteiger partial charge < -0.3 is 10.6 Å². The van der Waals surface area contributed by atoms with Crippen LogP contribution in [0, 0.1) is 23.7 Å². The maximum absolute atomic E-state index is 12.2. The highest BCUT2D eigenvalue weighted by molar-refractivity contribution is 9.11. The summed E-state index contributed by atoms with van der Waals surface area (Å²) < 4.78 is 1.11. The van der Waals surface area contributed by atoms with Crippen molar-refractivity contribution in [1.29, 1.82) is 0 Å². The molecular weight excluding hydrogens is 348 g/mol. The summed E-state index contributed by atoms with van der Waals surface area (Å²) in [5.41, 5.74) is 0. The van der Waals surface area contributed by atoms with E-state index in [1.807, 2.05) is 6.07 Å². The zero-order chi connectivity index (χ0) is 14.4. The van der Waals surface area contributed by atoms with Gasteiger partial charge in [-0.2, -0.15) is 0 Å². The Labute approximate surface area is 138 Å². The fraction of sp³-hybridized carbons (Fsp3) is 0.688. The highest BCUT2D eigenvalue weighted by atomic mass is 79.9. The molecule has 1 aromatic heterocycles. The third-order valence-electron chi connectivity index (χ3n) is 5.58. The molecule has 0 radical (unpaired) electrons. The third-order valence-corrected chi connectivity index (χ3v) is 7.20. The van der Waals surface area contributed by atoms with Gasteiger partial charge in [0, 0.05) is 10.9 Å². The van der Waals surface area contributed by atoms with Crippen LogP contribution in [-0.2, 0) is 6.54 Å². The van der Waals surface area contributed by atoms with Crippen LogP contribution in [0.25, 0.3) is 0 Å². The molecule has 0 aromatic carbocycles. The number of carbonyl (C=O) groups is 1. The molecule has 114 valence electrons. The van der Waals surface area contributed by atoms with Gasteiger partial charge >= 0.3 is 6.03 Å². The molecule has 5 rings (SSSR count). The molecule has 2 amide bonds. The highest BCUT2D eigenvalue weighted by Crippen LogP contribution is 2.53. The Kier molecular flexibility index (Phi) is 3.74. The molecule has 4 aliphatic carbocycles. The second kappa shape index (κ2) is 5.58. The molecule has 4 saturated carbocycles. The molecule has 0 saturated heterocycles. The van der Waals surface area contributed by atoms with Crippen LogP contribution in [-0.4, -0.2) is 12.1 Å². The quantitative estimate of drug-likeness (QED) is 0.826. The Balaban J connectivity index is 1.32. The van der Waals surface area contributed by atoms with Crippen molar-refractivity contribution in [3.05, 3.63) is 20.8 Å². The second-order valence-electron chi connectivity index (χ2n) is 6.99. The summed E-state index contributed by atoms with van der Waals surface area (Å²) in [6, 6.07) is 4.51. The monoisotopic (exact) mass is 368 g/mol. The Morgan fingerprint density at radius 1 is 1.14 bits per heavy atom. The first kappa shape index (κ1) is 14.1. The summed E-state index contributed by atoms with van der Waals surface area (Å²) in [6.45, 7) is 0.620. The largest absolute Gasteiger partial charge is 0.335 e. The molecule has 4 bridgehead atoms.